The number of aliphatic hydroxyl groups excluding tert-OH is 1. The van der Waals surface area contributed by atoms with Gasteiger partial charge < -0.3 is 15.0 Å². The van der Waals surface area contributed by atoms with Gasteiger partial charge in [-0.15, -0.1) is 0 Å². The van der Waals surface area contributed by atoms with Gasteiger partial charge in [-0.3, -0.25) is 0 Å². The highest BCUT2D eigenvalue weighted by molar-refractivity contribution is 5.02. The molecular weight excluding hydrogens is 142 g/mol. The Morgan fingerprint density at radius 3 is 2.91 bits per heavy atom. The van der Waals surface area contributed by atoms with Gasteiger partial charge in [-0.1, -0.05) is 0 Å². The zero-order chi connectivity index (χ0) is 8.27. The van der Waals surface area contributed by atoms with E-state index < -0.39 is 0 Å². The normalized spacial score (nSPS) is 13.4. The molecule has 0 aliphatic rings. The minimum Gasteiger partial charge on any atom is -0.394 e. The van der Waals surface area contributed by atoms with E-state index in [1.807, 2.05) is 17.8 Å². The Bertz CT molecular complexity index is 217. The molecule has 0 spiro atoms. The second-order valence-corrected chi connectivity index (χ2v) is 2.49. The summed E-state index contributed by atoms with van der Waals surface area (Å²) in [5.74, 6) is 0. The molecule has 0 aliphatic heterocycles. The van der Waals surface area contributed by atoms with Crippen molar-refractivity contribution in [2.24, 2.45) is 7.05 Å². The highest BCUT2D eigenvalue weighted by Gasteiger charge is 2.08. The zero-order valence-corrected chi connectivity index (χ0v) is 6.78. The van der Waals surface area contributed by atoms with Crippen LogP contribution in [0.25, 0.3) is 0 Å². The second-order valence-electron chi connectivity index (χ2n) is 2.49. The van der Waals surface area contributed by atoms with Gasteiger partial charge in [0, 0.05) is 13.2 Å². The maximum absolute atomic E-state index is 8.88. The van der Waals surface area contributed by atoms with E-state index in [-0.39, 0.29) is 12.6 Å². The van der Waals surface area contributed by atoms with Crippen LogP contribution in [0.1, 0.15) is 11.7 Å². The summed E-state index contributed by atoms with van der Waals surface area (Å²) < 4.78 is 1.86. The second kappa shape index (κ2) is 3.50. The van der Waals surface area contributed by atoms with Crippen LogP contribution in [-0.2, 0) is 7.05 Å². The Kier molecular flexibility index (Phi) is 2.62. The first kappa shape index (κ1) is 8.23. The van der Waals surface area contributed by atoms with E-state index >= 15 is 0 Å². The van der Waals surface area contributed by atoms with Gasteiger partial charge in [0.25, 0.3) is 0 Å². The van der Waals surface area contributed by atoms with Crippen molar-refractivity contribution in [1.29, 1.82) is 0 Å². The fraction of sp³-hybridized carbons (Fsp3) is 0.571. The summed E-state index contributed by atoms with van der Waals surface area (Å²) in [6, 6.07) is -0.0452. The van der Waals surface area contributed by atoms with Crippen molar-refractivity contribution in [2.45, 2.75) is 6.04 Å². The number of rotatable bonds is 3. The molecule has 0 fully saturated rings. The highest BCUT2D eigenvalue weighted by Crippen LogP contribution is 2.06. The molecule has 1 atom stereocenters. The third-order valence-electron chi connectivity index (χ3n) is 1.61. The van der Waals surface area contributed by atoms with Crippen molar-refractivity contribution in [3.05, 3.63) is 18.2 Å². The predicted octanol–water partition coefficient (Wildman–Crippen LogP) is -0.327. The molecule has 2 N–H and O–H groups in total. The van der Waals surface area contributed by atoms with Crippen molar-refractivity contribution in [2.75, 3.05) is 13.7 Å². The lowest BCUT2D eigenvalue weighted by atomic mass is 10.2. The molecule has 1 aromatic rings. The maximum atomic E-state index is 8.88. The van der Waals surface area contributed by atoms with E-state index in [0.717, 1.165) is 5.69 Å². The Morgan fingerprint density at radius 2 is 2.55 bits per heavy atom. The quantitative estimate of drug-likeness (QED) is 0.628. The van der Waals surface area contributed by atoms with Gasteiger partial charge in [-0.2, -0.15) is 0 Å². The molecule has 1 unspecified atom stereocenters. The van der Waals surface area contributed by atoms with Crippen LogP contribution in [0.15, 0.2) is 12.5 Å². The van der Waals surface area contributed by atoms with Crippen molar-refractivity contribution in [3.63, 3.8) is 0 Å². The number of nitrogens with one attached hydrogen (secondary N) is 1. The summed E-state index contributed by atoms with van der Waals surface area (Å²) in [5, 5.41) is 11.8. The fourth-order valence-corrected chi connectivity index (χ4v) is 0.946. The number of hydrogen-bond acceptors (Lipinski definition) is 3. The summed E-state index contributed by atoms with van der Waals surface area (Å²) in [7, 11) is 3.70. The standard InChI is InChI=1S/C7H13N3O/c1-8-7(4-11)6-3-10(2)5-9-6/h3,5,7-8,11H,4H2,1-2H3. The molecule has 62 valence electrons. The molecule has 4 nitrogen and oxygen atoms in total. The highest BCUT2D eigenvalue weighted by atomic mass is 16.3. The molecule has 4 heteroatoms. The minimum atomic E-state index is -0.0452. The first-order valence-electron chi connectivity index (χ1n) is 3.54. The molecule has 1 aromatic heterocycles. The third kappa shape index (κ3) is 1.78. The van der Waals surface area contributed by atoms with Crippen LogP contribution in [0.3, 0.4) is 0 Å². The fourth-order valence-electron chi connectivity index (χ4n) is 0.946. The number of aryl methyl sites for hydroxylation is 1. The van der Waals surface area contributed by atoms with Gasteiger partial charge in [-0.25, -0.2) is 4.98 Å². The monoisotopic (exact) mass is 155 g/mol. The van der Waals surface area contributed by atoms with Crippen LogP contribution in [0, 0.1) is 0 Å². The molecule has 11 heavy (non-hydrogen) atoms. The van der Waals surface area contributed by atoms with Crippen molar-refractivity contribution in [1.82, 2.24) is 14.9 Å². The SMILES string of the molecule is CNC(CO)c1cn(C)cn1. The lowest BCUT2D eigenvalue weighted by Gasteiger charge is -2.08. The molecule has 0 radical (unpaired) electrons. The van der Waals surface area contributed by atoms with E-state index in [9.17, 15) is 0 Å². The van der Waals surface area contributed by atoms with Crippen LogP contribution in [0.2, 0.25) is 0 Å². The Morgan fingerprint density at radius 1 is 1.82 bits per heavy atom. The molecular formula is C7H13N3O. The molecule has 0 aliphatic carbocycles. The molecule has 0 saturated carbocycles. The van der Waals surface area contributed by atoms with Gasteiger partial charge >= 0.3 is 0 Å². The number of aliphatic hydroxyl groups is 1. The van der Waals surface area contributed by atoms with E-state index in [4.69, 9.17) is 5.11 Å². The number of nitrogens with zero attached hydrogens (tertiary/aromatic N) is 2. The van der Waals surface area contributed by atoms with Gasteiger partial charge in [-0.05, 0) is 7.05 Å². The van der Waals surface area contributed by atoms with Gasteiger partial charge in [0.1, 0.15) is 0 Å². The van der Waals surface area contributed by atoms with Crippen LogP contribution in [0.4, 0.5) is 0 Å². The Balaban J connectivity index is 2.73. The molecule has 0 bridgehead atoms. The van der Waals surface area contributed by atoms with Gasteiger partial charge in [0.15, 0.2) is 0 Å². The van der Waals surface area contributed by atoms with Crippen LogP contribution < -0.4 is 5.32 Å². The lowest BCUT2D eigenvalue weighted by Crippen LogP contribution is -2.20. The van der Waals surface area contributed by atoms with Crippen molar-refractivity contribution in [3.8, 4) is 0 Å². The lowest BCUT2D eigenvalue weighted by molar-refractivity contribution is 0.249. The molecule has 1 rings (SSSR count). The van der Waals surface area contributed by atoms with E-state index in [1.54, 1.807) is 13.4 Å². The van der Waals surface area contributed by atoms with Crippen molar-refractivity contribution < 1.29 is 5.11 Å². The topological polar surface area (TPSA) is 50.1 Å². The van der Waals surface area contributed by atoms with Crippen molar-refractivity contribution >= 4 is 0 Å². The summed E-state index contributed by atoms with van der Waals surface area (Å²) in [6.07, 6.45) is 3.60. The largest absolute Gasteiger partial charge is 0.394 e. The summed E-state index contributed by atoms with van der Waals surface area (Å²) in [4.78, 5) is 4.10. The summed E-state index contributed by atoms with van der Waals surface area (Å²) in [5.41, 5.74) is 0.873. The first-order chi connectivity index (χ1) is 5.27. The summed E-state index contributed by atoms with van der Waals surface area (Å²) in [6.45, 7) is 0.0769. The molecule has 0 saturated heterocycles. The third-order valence-corrected chi connectivity index (χ3v) is 1.61. The number of likely N-dealkylation sites (N-methyl/N-ethyl adjacent to an activating group) is 1. The molecule has 0 aromatic carbocycles. The smallest absolute Gasteiger partial charge is 0.0947 e. The Labute approximate surface area is 65.9 Å². The van der Waals surface area contributed by atoms with Crippen LogP contribution in [-0.4, -0.2) is 28.3 Å². The van der Waals surface area contributed by atoms with Gasteiger partial charge in [0.2, 0.25) is 0 Å². The number of hydrogen-bond donors (Lipinski definition) is 2. The maximum Gasteiger partial charge on any atom is 0.0947 e. The average Bonchev–Trinajstić information content (AvgIpc) is 2.39. The average molecular weight is 155 g/mol. The first-order valence-corrected chi connectivity index (χ1v) is 3.54. The predicted molar refractivity (Wildman–Crippen MR) is 42.1 cm³/mol. The zero-order valence-electron chi connectivity index (χ0n) is 6.78. The van der Waals surface area contributed by atoms with Gasteiger partial charge in [0.05, 0.1) is 24.7 Å². The van der Waals surface area contributed by atoms with Crippen LogP contribution in [0.5, 0.6) is 0 Å². The molecule has 1 heterocycles. The summed E-state index contributed by atoms with van der Waals surface area (Å²) >= 11 is 0. The van der Waals surface area contributed by atoms with Crippen LogP contribution >= 0.6 is 0 Å². The van der Waals surface area contributed by atoms with E-state index in [0.29, 0.717) is 0 Å². The number of imidazole rings is 1. The van der Waals surface area contributed by atoms with E-state index in [1.165, 1.54) is 0 Å². The van der Waals surface area contributed by atoms with E-state index in [2.05, 4.69) is 10.3 Å². The number of aromatic nitrogens is 2. The molecule has 0 amide bonds. The Hall–Kier alpha value is -0.870. The minimum absolute atomic E-state index is 0.0452.